The molecule has 0 saturated carbocycles. The number of benzene rings is 2. The molecule has 4 nitrogen and oxygen atoms in total. The first-order valence-electron chi connectivity index (χ1n) is 7.96. The lowest BCUT2D eigenvalue weighted by molar-refractivity contribution is 0.102. The summed E-state index contributed by atoms with van der Waals surface area (Å²) in [7, 11) is 0. The first kappa shape index (κ1) is 17.0. The van der Waals surface area contributed by atoms with Crippen molar-refractivity contribution in [2.24, 2.45) is 0 Å². The topological polar surface area (TPSA) is 54.0 Å². The zero-order valence-corrected chi connectivity index (χ0v) is 14.5. The van der Waals surface area contributed by atoms with Gasteiger partial charge in [0, 0.05) is 29.2 Å². The minimum absolute atomic E-state index is 0.0482. The number of rotatable bonds is 5. The minimum Gasteiger partial charge on any atom is -0.378 e. The second-order valence-corrected chi connectivity index (χ2v) is 6.07. The molecule has 5 heteroatoms. The first-order valence-corrected chi connectivity index (χ1v) is 8.34. The molecule has 0 radical (unpaired) electrons. The van der Waals surface area contributed by atoms with E-state index in [1.807, 2.05) is 55.5 Å². The van der Waals surface area contributed by atoms with E-state index in [1.165, 1.54) is 0 Å². The van der Waals surface area contributed by atoms with Crippen LogP contribution in [0.3, 0.4) is 0 Å². The van der Waals surface area contributed by atoms with E-state index in [1.54, 1.807) is 24.4 Å². The zero-order chi connectivity index (χ0) is 17.6. The van der Waals surface area contributed by atoms with Gasteiger partial charge in [0.2, 0.25) is 0 Å². The Labute approximate surface area is 151 Å². The van der Waals surface area contributed by atoms with E-state index in [-0.39, 0.29) is 11.9 Å². The van der Waals surface area contributed by atoms with Crippen molar-refractivity contribution >= 4 is 28.9 Å². The lowest BCUT2D eigenvalue weighted by Gasteiger charge is -2.17. The van der Waals surface area contributed by atoms with Gasteiger partial charge in [0.05, 0.1) is 0 Å². The Bertz CT molecular complexity index is 868. The standard InChI is InChI=1S/C20H18ClN3O/c1-14(23-18-10-11-22-19(21)13-18)16-8-5-9-17(12-16)24-20(25)15-6-3-2-4-7-15/h2-14H,1H3,(H,22,23)(H,24,25). The molecular formula is C20H18ClN3O. The van der Waals surface area contributed by atoms with Gasteiger partial charge < -0.3 is 10.6 Å². The van der Waals surface area contributed by atoms with Gasteiger partial charge in [-0.15, -0.1) is 0 Å². The summed E-state index contributed by atoms with van der Waals surface area (Å²) >= 11 is 5.92. The van der Waals surface area contributed by atoms with Crippen LogP contribution < -0.4 is 10.6 Å². The molecule has 3 aromatic rings. The highest BCUT2D eigenvalue weighted by molar-refractivity contribution is 6.29. The van der Waals surface area contributed by atoms with E-state index in [0.29, 0.717) is 10.7 Å². The van der Waals surface area contributed by atoms with Crippen LogP contribution in [0.1, 0.15) is 28.9 Å². The van der Waals surface area contributed by atoms with Crippen molar-refractivity contribution in [3.05, 3.63) is 89.2 Å². The fourth-order valence-corrected chi connectivity index (χ4v) is 2.68. The lowest BCUT2D eigenvalue weighted by Crippen LogP contribution is -2.12. The summed E-state index contributed by atoms with van der Waals surface area (Å²) in [6.45, 7) is 2.05. The molecule has 0 bridgehead atoms. The number of carbonyl (C=O) groups excluding carboxylic acids is 1. The van der Waals surface area contributed by atoms with Gasteiger partial charge in [0.25, 0.3) is 5.91 Å². The maximum Gasteiger partial charge on any atom is 0.255 e. The molecule has 1 amide bonds. The van der Waals surface area contributed by atoms with Crippen molar-refractivity contribution in [2.75, 3.05) is 10.6 Å². The third-order valence-electron chi connectivity index (χ3n) is 3.79. The summed E-state index contributed by atoms with van der Waals surface area (Å²) in [6, 6.07) is 20.6. The summed E-state index contributed by atoms with van der Waals surface area (Å²) < 4.78 is 0. The highest BCUT2D eigenvalue weighted by Gasteiger charge is 2.09. The molecule has 0 aliphatic carbocycles. The number of carbonyl (C=O) groups is 1. The molecule has 25 heavy (non-hydrogen) atoms. The van der Waals surface area contributed by atoms with Crippen LogP contribution >= 0.6 is 11.6 Å². The van der Waals surface area contributed by atoms with E-state index < -0.39 is 0 Å². The maximum atomic E-state index is 12.3. The maximum absolute atomic E-state index is 12.3. The SMILES string of the molecule is CC(Nc1ccnc(Cl)c1)c1cccc(NC(=O)c2ccccc2)c1. The second-order valence-electron chi connectivity index (χ2n) is 5.68. The van der Waals surface area contributed by atoms with Gasteiger partial charge in [-0.25, -0.2) is 4.98 Å². The Morgan fingerprint density at radius 3 is 2.56 bits per heavy atom. The fraction of sp³-hybridized carbons (Fsp3) is 0.100. The summed E-state index contributed by atoms with van der Waals surface area (Å²) in [4.78, 5) is 16.2. The molecule has 0 spiro atoms. The van der Waals surface area contributed by atoms with Crippen LogP contribution in [-0.2, 0) is 0 Å². The molecule has 3 rings (SSSR count). The monoisotopic (exact) mass is 351 g/mol. The highest BCUT2D eigenvalue weighted by atomic mass is 35.5. The smallest absolute Gasteiger partial charge is 0.255 e. The second kappa shape index (κ2) is 7.81. The normalized spacial score (nSPS) is 11.6. The van der Waals surface area contributed by atoms with Crippen molar-refractivity contribution in [1.82, 2.24) is 4.98 Å². The number of hydrogen-bond donors (Lipinski definition) is 2. The molecule has 0 saturated heterocycles. The Morgan fingerprint density at radius 2 is 1.80 bits per heavy atom. The van der Waals surface area contributed by atoms with E-state index in [4.69, 9.17) is 11.6 Å². The average molecular weight is 352 g/mol. The molecule has 0 fully saturated rings. The minimum atomic E-state index is -0.126. The van der Waals surface area contributed by atoms with Gasteiger partial charge >= 0.3 is 0 Å². The number of amides is 1. The van der Waals surface area contributed by atoms with Gasteiger partial charge in [-0.1, -0.05) is 41.9 Å². The quantitative estimate of drug-likeness (QED) is 0.624. The number of halogens is 1. The van der Waals surface area contributed by atoms with Gasteiger partial charge in [0.15, 0.2) is 0 Å². The van der Waals surface area contributed by atoms with Gasteiger partial charge in [0.1, 0.15) is 5.15 Å². The third kappa shape index (κ3) is 4.58. The third-order valence-corrected chi connectivity index (χ3v) is 4.00. The number of anilines is 2. The predicted molar refractivity (Wildman–Crippen MR) is 102 cm³/mol. The zero-order valence-electron chi connectivity index (χ0n) is 13.7. The molecule has 2 N–H and O–H groups in total. The molecule has 1 atom stereocenters. The molecule has 1 unspecified atom stereocenters. The van der Waals surface area contributed by atoms with Crippen molar-refractivity contribution in [3.63, 3.8) is 0 Å². The number of nitrogens with one attached hydrogen (secondary N) is 2. The first-order chi connectivity index (χ1) is 12.1. The van der Waals surface area contributed by atoms with Crippen LogP contribution in [0.2, 0.25) is 5.15 Å². The molecule has 1 aromatic heterocycles. The highest BCUT2D eigenvalue weighted by Crippen LogP contribution is 2.23. The number of pyridine rings is 1. The lowest BCUT2D eigenvalue weighted by atomic mass is 10.1. The van der Waals surface area contributed by atoms with Crippen molar-refractivity contribution in [1.29, 1.82) is 0 Å². The Balaban J connectivity index is 1.71. The van der Waals surface area contributed by atoms with Crippen LogP contribution in [-0.4, -0.2) is 10.9 Å². The molecule has 1 heterocycles. The number of hydrogen-bond acceptors (Lipinski definition) is 3. The average Bonchev–Trinajstić information content (AvgIpc) is 2.62. The predicted octanol–water partition coefficient (Wildman–Crippen LogP) is 5.16. The van der Waals surface area contributed by atoms with Crippen LogP contribution in [0.4, 0.5) is 11.4 Å². The fourth-order valence-electron chi connectivity index (χ4n) is 2.50. The Hall–Kier alpha value is -2.85. The largest absolute Gasteiger partial charge is 0.378 e. The van der Waals surface area contributed by atoms with E-state index in [2.05, 4.69) is 15.6 Å². The van der Waals surface area contributed by atoms with Crippen LogP contribution in [0.15, 0.2) is 72.9 Å². The van der Waals surface area contributed by atoms with Crippen molar-refractivity contribution in [3.8, 4) is 0 Å². The summed E-state index contributed by atoms with van der Waals surface area (Å²) in [6.07, 6.45) is 1.66. The van der Waals surface area contributed by atoms with Crippen molar-refractivity contribution in [2.45, 2.75) is 13.0 Å². The molecular weight excluding hydrogens is 334 g/mol. The molecule has 2 aromatic carbocycles. The van der Waals surface area contributed by atoms with E-state index in [9.17, 15) is 4.79 Å². The summed E-state index contributed by atoms with van der Waals surface area (Å²) in [5.41, 5.74) is 3.34. The van der Waals surface area contributed by atoms with Gasteiger partial charge in [-0.3, -0.25) is 4.79 Å². The molecule has 126 valence electrons. The van der Waals surface area contributed by atoms with Crippen molar-refractivity contribution < 1.29 is 4.79 Å². The van der Waals surface area contributed by atoms with Gasteiger partial charge in [-0.2, -0.15) is 0 Å². The van der Waals surface area contributed by atoms with Crippen LogP contribution in [0, 0.1) is 0 Å². The summed E-state index contributed by atoms with van der Waals surface area (Å²) in [5.74, 6) is -0.126. The number of aromatic nitrogens is 1. The molecule has 0 aliphatic heterocycles. The number of nitrogens with zero attached hydrogens (tertiary/aromatic N) is 1. The Kier molecular flexibility index (Phi) is 5.31. The Morgan fingerprint density at radius 1 is 1.00 bits per heavy atom. The van der Waals surface area contributed by atoms with Crippen LogP contribution in [0.25, 0.3) is 0 Å². The van der Waals surface area contributed by atoms with Crippen LogP contribution in [0.5, 0.6) is 0 Å². The van der Waals surface area contributed by atoms with E-state index >= 15 is 0 Å². The van der Waals surface area contributed by atoms with Gasteiger partial charge in [-0.05, 0) is 48.9 Å². The van der Waals surface area contributed by atoms with E-state index in [0.717, 1.165) is 16.9 Å². The summed E-state index contributed by atoms with van der Waals surface area (Å²) in [5, 5.41) is 6.75. The molecule has 0 aliphatic rings.